The Morgan fingerprint density at radius 2 is 1.53 bits per heavy atom. The third-order valence-corrected chi connectivity index (χ3v) is 4.46. The normalized spacial score (nSPS) is 18.9. The number of likely N-dealkylation sites (tertiary alicyclic amines) is 1. The van der Waals surface area contributed by atoms with E-state index in [-0.39, 0.29) is 0 Å². The molecule has 114 valence electrons. The molecule has 0 radical (unpaired) electrons. The molecule has 0 aliphatic carbocycles. The summed E-state index contributed by atoms with van der Waals surface area (Å²) in [4.78, 5) is 2.79. The van der Waals surface area contributed by atoms with E-state index < -0.39 is 0 Å². The molecule has 2 nitrogen and oxygen atoms in total. The monoisotopic (exact) mass is 268 g/mol. The number of rotatable bonds is 8. The predicted octanol–water partition coefficient (Wildman–Crippen LogP) is 3.77. The summed E-state index contributed by atoms with van der Waals surface area (Å²) in [6, 6.07) is 0.824. The van der Waals surface area contributed by atoms with Crippen molar-refractivity contribution in [3.63, 3.8) is 0 Å². The van der Waals surface area contributed by atoms with Crippen LogP contribution in [-0.2, 0) is 0 Å². The van der Waals surface area contributed by atoms with Crippen molar-refractivity contribution in [1.82, 2.24) is 10.2 Å². The average molecular weight is 268 g/mol. The van der Waals surface area contributed by atoms with Crippen LogP contribution >= 0.6 is 0 Å². The Hall–Kier alpha value is -0.0800. The highest BCUT2D eigenvalue weighted by atomic mass is 15.2. The van der Waals surface area contributed by atoms with Gasteiger partial charge in [0.05, 0.1) is 0 Å². The summed E-state index contributed by atoms with van der Waals surface area (Å²) in [5.41, 5.74) is 0. The van der Waals surface area contributed by atoms with Crippen molar-refractivity contribution >= 4 is 0 Å². The number of nitrogens with zero attached hydrogens (tertiary/aromatic N) is 1. The van der Waals surface area contributed by atoms with Gasteiger partial charge in [-0.1, -0.05) is 27.7 Å². The average Bonchev–Trinajstić information content (AvgIpc) is 2.35. The zero-order chi connectivity index (χ0) is 14.3. The Labute approximate surface area is 121 Å². The fraction of sp³-hybridized carbons (Fsp3) is 1.00. The zero-order valence-electron chi connectivity index (χ0n) is 13.9. The lowest BCUT2D eigenvalue weighted by Crippen LogP contribution is -2.43. The summed E-state index contributed by atoms with van der Waals surface area (Å²) < 4.78 is 0. The van der Waals surface area contributed by atoms with Crippen LogP contribution in [0.4, 0.5) is 0 Å². The second kappa shape index (κ2) is 8.97. The van der Waals surface area contributed by atoms with Crippen molar-refractivity contribution in [3.8, 4) is 0 Å². The Balaban J connectivity index is 2.40. The molecule has 1 rings (SSSR count). The SMILES string of the molecule is CNCCC1CCN(C(CC(C)C)CC(C)C)CC1. The van der Waals surface area contributed by atoms with Crippen LogP contribution in [0, 0.1) is 17.8 Å². The van der Waals surface area contributed by atoms with Gasteiger partial charge in [0.1, 0.15) is 0 Å². The van der Waals surface area contributed by atoms with E-state index in [0.717, 1.165) is 23.8 Å². The maximum atomic E-state index is 3.29. The number of piperidine rings is 1. The Morgan fingerprint density at radius 3 is 1.95 bits per heavy atom. The molecule has 0 atom stereocenters. The van der Waals surface area contributed by atoms with Gasteiger partial charge in [0.2, 0.25) is 0 Å². The molecule has 0 aromatic rings. The second-order valence-corrected chi connectivity index (χ2v) is 7.28. The van der Waals surface area contributed by atoms with Gasteiger partial charge in [0, 0.05) is 6.04 Å². The highest BCUT2D eigenvalue weighted by Crippen LogP contribution is 2.26. The van der Waals surface area contributed by atoms with Gasteiger partial charge in [-0.05, 0) is 76.5 Å². The first-order valence-electron chi connectivity index (χ1n) is 8.41. The molecule has 1 aliphatic rings. The molecule has 1 fully saturated rings. The summed E-state index contributed by atoms with van der Waals surface area (Å²) >= 11 is 0. The van der Waals surface area contributed by atoms with Crippen LogP contribution in [0.25, 0.3) is 0 Å². The van der Waals surface area contributed by atoms with Crippen molar-refractivity contribution in [1.29, 1.82) is 0 Å². The molecule has 1 aliphatic heterocycles. The summed E-state index contributed by atoms with van der Waals surface area (Å²) in [5.74, 6) is 2.61. The number of hydrogen-bond donors (Lipinski definition) is 1. The quantitative estimate of drug-likeness (QED) is 0.721. The molecule has 0 aromatic heterocycles. The fourth-order valence-corrected chi connectivity index (χ4v) is 3.44. The van der Waals surface area contributed by atoms with Crippen LogP contribution in [0.3, 0.4) is 0 Å². The second-order valence-electron chi connectivity index (χ2n) is 7.28. The van der Waals surface area contributed by atoms with Gasteiger partial charge in [-0.2, -0.15) is 0 Å². The molecule has 19 heavy (non-hydrogen) atoms. The summed E-state index contributed by atoms with van der Waals surface area (Å²) in [6.45, 7) is 13.3. The molecule has 0 aromatic carbocycles. The van der Waals surface area contributed by atoms with Crippen LogP contribution < -0.4 is 5.32 Å². The van der Waals surface area contributed by atoms with Crippen molar-refractivity contribution in [2.75, 3.05) is 26.7 Å². The lowest BCUT2D eigenvalue weighted by molar-refractivity contribution is 0.102. The maximum Gasteiger partial charge on any atom is 0.0100 e. The predicted molar refractivity (Wildman–Crippen MR) is 85.5 cm³/mol. The molecule has 1 saturated heterocycles. The summed E-state index contributed by atoms with van der Waals surface area (Å²) in [6.07, 6.45) is 6.94. The van der Waals surface area contributed by atoms with Crippen molar-refractivity contribution in [2.45, 2.75) is 65.8 Å². The van der Waals surface area contributed by atoms with Crippen molar-refractivity contribution in [3.05, 3.63) is 0 Å². The first kappa shape index (κ1) is 17.0. The Kier molecular flexibility index (Phi) is 8.01. The highest BCUT2D eigenvalue weighted by Gasteiger charge is 2.25. The highest BCUT2D eigenvalue weighted by molar-refractivity contribution is 4.80. The van der Waals surface area contributed by atoms with Gasteiger partial charge >= 0.3 is 0 Å². The molecule has 1 N–H and O–H groups in total. The van der Waals surface area contributed by atoms with E-state index in [1.165, 1.54) is 51.7 Å². The minimum absolute atomic E-state index is 0.824. The van der Waals surface area contributed by atoms with Gasteiger partial charge in [0.25, 0.3) is 0 Å². The van der Waals surface area contributed by atoms with Crippen molar-refractivity contribution in [2.24, 2.45) is 17.8 Å². The molecule has 2 heteroatoms. The van der Waals surface area contributed by atoms with E-state index in [1.807, 2.05) is 0 Å². The molecule has 0 saturated carbocycles. The smallest absolute Gasteiger partial charge is 0.0100 e. The minimum atomic E-state index is 0.824. The van der Waals surface area contributed by atoms with Crippen molar-refractivity contribution < 1.29 is 0 Å². The molecule has 0 spiro atoms. The van der Waals surface area contributed by atoms with Crippen LogP contribution in [0.5, 0.6) is 0 Å². The van der Waals surface area contributed by atoms with Gasteiger partial charge in [0.15, 0.2) is 0 Å². The third-order valence-electron chi connectivity index (χ3n) is 4.46. The van der Waals surface area contributed by atoms with Gasteiger partial charge in [-0.25, -0.2) is 0 Å². The topological polar surface area (TPSA) is 15.3 Å². The Morgan fingerprint density at radius 1 is 1.00 bits per heavy atom. The molecular formula is C17H36N2. The summed E-state index contributed by atoms with van der Waals surface area (Å²) in [7, 11) is 2.07. The zero-order valence-corrected chi connectivity index (χ0v) is 13.9. The van der Waals surface area contributed by atoms with Crippen LogP contribution in [0.15, 0.2) is 0 Å². The summed E-state index contributed by atoms with van der Waals surface area (Å²) in [5, 5.41) is 3.29. The van der Waals surface area contributed by atoms with E-state index >= 15 is 0 Å². The molecule has 1 heterocycles. The Bertz CT molecular complexity index is 207. The van der Waals surface area contributed by atoms with Crippen LogP contribution in [0.2, 0.25) is 0 Å². The molecule has 0 unspecified atom stereocenters. The van der Waals surface area contributed by atoms with Crippen LogP contribution in [-0.4, -0.2) is 37.6 Å². The maximum absolute atomic E-state index is 3.29. The number of nitrogens with one attached hydrogen (secondary N) is 1. The first-order valence-corrected chi connectivity index (χ1v) is 8.41. The fourth-order valence-electron chi connectivity index (χ4n) is 3.44. The largest absolute Gasteiger partial charge is 0.320 e. The minimum Gasteiger partial charge on any atom is -0.320 e. The van der Waals surface area contributed by atoms with Gasteiger partial charge < -0.3 is 10.2 Å². The lowest BCUT2D eigenvalue weighted by Gasteiger charge is -2.39. The van der Waals surface area contributed by atoms with Crippen LogP contribution in [0.1, 0.15) is 59.8 Å². The standard InChI is InChI=1S/C17H36N2/c1-14(2)12-17(13-15(3)4)19-10-7-16(8-11-19)6-9-18-5/h14-18H,6-13H2,1-5H3. The van der Waals surface area contributed by atoms with E-state index in [0.29, 0.717) is 0 Å². The molecule has 0 bridgehead atoms. The van der Waals surface area contributed by atoms with E-state index in [1.54, 1.807) is 0 Å². The van der Waals surface area contributed by atoms with E-state index in [2.05, 4.69) is 45.0 Å². The van der Waals surface area contributed by atoms with E-state index in [9.17, 15) is 0 Å². The van der Waals surface area contributed by atoms with Gasteiger partial charge in [-0.3, -0.25) is 0 Å². The van der Waals surface area contributed by atoms with Gasteiger partial charge in [-0.15, -0.1) is 0 Å². The molecule has 0 amide bonds. The third kappa shape index (κ3) is 6.76. The lowest BCUT2D eigenvalue weighted by atomic mass is 9.89. The molecular weight excluding hydrogens is 232 g/mol. The van der Waals surface area contributed by atoms with E-state index in [4.69, 9.17) is 0 Å². The first-order chi connectivity index (χ1) is 9.02. The number of hydrogen-bond acceptors (Lipinski definition) is 2.